The van der Waals surface area contributed by atoms with E-state index < -0.39 is 12.4 Å². The van der Waals surface area contributed by atoms with Crippen LogP contribution in [0.1, 0.15) is 32.3 Å². The topological polar surface area (TPSA) is 80.6 Å². The van der Waals surface area contributed by atoms with Crippen LogP contribution < -0.4 is 9.47 Å². The van der Waals surface area contributed by atoms with Gasteiger partial charge in [-0.25, -0.2) is 4.79 Å². The first-order valence-corrected chi connectivity index (χ1v) is 8.00. The smallest absolute Gasteiger partial charge is 0.493 e. The molecule has 7 nitrogen and oxygen atoms in total. The SMILES string of the molecule is COc1ccc(C=NN2CCCC2OC(=O)O)cc1OCC(C)C. The van der Waals surface area contributed by atoms with Crippen molar-refractivity contribution in [1.82, 2.24) is 5.01 Å². The zero-order valence-corrected chi connectivity index (χ0v) is 14.3. The van der Waals surface area contributed by atoms with Crippen molar-refractivity contribution in [3.63, 3.8) is 0 Å². The Balaban J connectivity index is 2.08. The molecular weight excluding hydrogens is 312 g/mol. The van der Waals surface area contributed by atoms with Crippen molar-refractivity contribution in [2.75, 3.05) is 20.3 Å². The highest BCUT2D eigenvalue weighted by Crippen LogP contribution is 2.28. The number of benzene rings is 1. The Hall–Kier alpha value is -2.44. The fourth-order valence-electron chi connectivity index (χ4n) is 2.37. The molecular formula is C17H24N2O5. The second-order valence-corrected chi connectivity index (χ2v) is 6.00. The lowest BCUT2D eigenvalue weighted by Gasteiger charge is -2.19. The lowest BCUT2D eigenvalue weighted by Crippen LogP contribution is -2.29. The summed E-state index contributed by atoms with van der Waals surface area (Å²) in [6.07, 6.45) is 1.37. The van der Waals surface area contributed by atoms with Crippen molar-refractivity contribution in [3.05, 3.63) is 23.8 Å². The molecule has 0 saturated carbocycles. The Kier molecular flexibility index (Phi) is 6.28. The third kappa shape index (κ3) is 5.04. The van der Waals surface area contributed by atoms with E-state index in [0.29, 0.717) is 37.0 Å². The van der Waals surface area contributed by atoms with Crippen molar-refractivity contribution >= 4 is 12.4 Å². The minimum absolute atomic E-state index is 0.408. The summed E-state index contributed by atoms with van der Waals surface area (Å²) >= 11 is 0. The summed E-state index contributed by atoms with van der Waals surface area (Å²) in [6.45, 7) is 5.42. The third-order valence-corrected chi connectivity index (χ3v) is 3.52. The highest BCUT2D eigenvalue weighted by Gasteiger charge is 2.26. The molecule has 132 valence electrons. The summed E-state index contributed by atoms with van der Waals surface area (Å²) in [5.41, 5.74) is 0.843. The van der Waals surface area contributed by atoms with Gasteiger partial charge in [-0.15, -0.1) is 0 Å². The normalized spacial score (nSPS) is 17.5. The van der Waals surface area contributed by atoms with Gasteiger partial charge in [0.15, 0.2) is 17.7 Å². The molecule has 7 heteroatoms. The van der Waals surface area contributed by atoms with Crippen LogP contribution >= 0.6 is 0 Å². The molecule has 1 heterocycles. The maximum absolute atomic E-state index is 10.7. The van der Waals surface area contributed by atoms with Crippen molar-refractivity contribution in [2.45, 2.75) is 32.9 Å². The zero-order chi connectivity index (χ0) is 17.5. The lowest BCUT2D eigenvalue weighted by molar-refractivity contribution is -0.0123. The van der Waals surface area contributed by atoms with Crippen LogP contribution in [0.3, 0.4) is 0 Å². The van der Waals surface area contributed by atoms with Gasteiger partial charge in [0.25, 0.3) is 0 Å². The van der Waals surface area contributed by atoms with Gasteiger partial charge in [-0.2, -0.15) is 5.10 Å². The second kappa shape index (κ2) is 8.42. The number of hydrogen-bond donors (Lipinski definition) is 1. The number of hydrazone groups is 1. The third-order valence-electron chi connectivity index (χ3n) is 3.52. The Morgan fingerprint density at radius 3 is 2.92 bits per heavy atom. The number of hydrogen-bond acceptors (Lipinski definition) is 6. The molecule has 0 aliphatic carbocycles. The Morgan fingerprint density at radius 1 is 1.46 bits per heavy atom. The summed E-state index contributed by atoms with van der Waals surface area (Å²) < 4.78 is 15.9. The molecule has 1 atom stereocenters. The molecule has 1 saturated heterocycles. The molecule has 0 spiro atoms. The Morgan fingerprint density at radius 2 is 2.25 bits per heavy atom. The van der Waals surface area contributed by atoms with Gasteiger partial charge >= 0.3 is 6.16 Å². The van der Waals surface area contributed by atoms with Gasteiger partial charge in [0.1, 0.15) is 0 Å². The lowest BCUT2D eigenvalue weighted by atomic mass is 10.2. The first-order chi connectivity index (χ1) is 11.5. The molecule has 1 aromatic rings. The quantitative estimate of drug-likeness (QED) is 0.608. The average Bonchev–Trinajstić information content (AvgIpc) is 2.97. The molecule has 2 rings (SSSR count). The van der Waals surface area contributed by atoms with E-state index in [9.17, 15) is 4.79 Å². The average molecular weight is 336 g/mol. The van der Waals surface area contributed by atoms with E-state index in [-0.39, 0.29) is 0 Å². The predicted molar refractivity (Wildman–Crippen MR) is 89.8 cm³/mol. The molecule has 0 amide bonds. The fourth-order valence-corrected chi connectivity index (χ4v) is 2.37. The molecule has 1 aliphatic heterocycles. The van der Waals surface area contributed by atoms with E-state index in [1.807, 2.05) is 18.2 Å². The number of carboxylic acid groups (broad SMARTS) is 1. The molecule has 1 aromatic carbocycles. The van der Waals surface area contributed by atoms with Crippen LogP contribution in [0, 0.1) is 5.92 Å². The molecule has 1 fully saturated rings. The molecule has 1 unspecified atom stereocenters. The molecule has 1 aliphatic rings. The van der Waals surface area contributed by atoms with Gasteiger partial charge in [0.05, 0.1) is 19.9 Å². The predicted octanol–water partition coefficient (Wildman–Crippen LogP) is 3.18. The second-order valence-electron chi connectivity index (χ2n) is 6.00. The van der Waals surface area contributed by atoms with Crippen LogP contribution in [0.4, 0.5) is 4.79 Å². The first-order valence-electron chi connectivity index (χ1n) is 8.00. The highest BCUT2D eigenvalue weighted by molar-refractivity contribution is 5.80. The maximum atomic E-state index is 10.7. The number of rotatable bonds is 7. The number of methoxy groups -OCH3 is 1. The number of nitrogens with zero attached hydrogens (tertiary/aromatic N) is 2. The number of ether oxygens (including phenoxy) is 3. The minimum atomic E-state index is -1.28. The van der Waals surface area contributed by atoms with Crippen LogP contribution in [-0.2, 0) is 4.74 Å². The van der Waals surface area contributed by atoms with E-state index in [1.165, 1.54) is 0 Å². The van der Waals surface area contributed by atoms with Crippen LogP contribution in [0.5, 0.6) is 11.5 Å². The summed E-state index contributed by atoms with van der Waals surface area (Å²) in [7, 11) is 1.60. The van der Waals surface area contributed by atoms with Gasteiger partial charge in [-0.05, 0) is 36.1 Å². The Bertz CT molecular complexity index is 588. The van der Waals surface area contributed by atoms with E-state index >= 15 is 0 Å². The van der Waals surface area contributed by atoms with Crippen molar-refractivity contribution in [1.29, 1.82) is 0 Å². The first kappa shape index (κ1) is 17.9. The summed E-state index contributed by atoms with van der Waals surface area (Å²) in [6, 6.07) is 5.55. The summed E-state index contributed by atoms with van der Waals surface area (Å²) in [4.78, 5) is 10.7. The summed E-state index contributed by atoms with van der Waals surface area (Å²) in [5, 5.41) is 14.7. The summed E-state index contributed by atoms with van der Waals surface area (Å²) in [5.74, 6) is 1.74. The Labute approximate surface area is 141 Å². The van der Waals surface area contributed by atoms with E-state index in [2.05, 4.69) is 18.9 Å². The zero-order valence-electron chi connectivity index (χ0n) is 14.3. The monoisotopic (exact) mass is 336 g/mol. The van der Waals surface area contributed by atoms with Gasteiger partial charge in [0.2, 0.25) is 0 Å². The van der Waals surface area contributed by atoms with Crippen molar-refractivity contribution in [3.8, 4) is 11.5 Å². The van der Waals surface area contributed by atoms with Crippen LogP contribution in [-0.4, -0.2) is 49.0 Å². The van der Waals surface area contributed by atoms with Crippen molar-refractivity contribution in [2.24, 2.45) is 11.0 Å². The molecule has 0 aromatic heterocycles. The maximum Gasteiger partial charge on any atom is 0.507 e. The molecule has 0 bridgehead atoms. The van der Waals surface area contributed by atoms with Gasteiger partial charge < -0.3 is 19.3 Å². The molecule has 24 heavy (non-hydrogen) atoms. The molecule has 0 radical (unpaired) electrons. The largest absolute Gasteiger partial charge is 0.507 e. The molecule has 1 N–H and O–H groups in total. The van der Waals surface area contributed by atoms with E-state index in [1.54, 1.807) is 18.3 Å². The van der Waals surface area contributed by atoms with Crippen molar-refractivity contribution < 1.29 is 24.1 Å². The highest BCUT2D eigenvalue weighted by atomic mass is 16.7. The van der Waals surface area contributed by atoms with Gasteiger partial charge in [0, 0.05) is 13.0 Å². The van der Waals surface area contributed by atoms with Crippen LogP contribution in [0.2, 0.25) is 0 Å². The van der Waals surface area contributed by atoms with Gasteiger partial charge in [-0.3, -0.25) is 5.01 Å². The van der Waals surface area contributed by atoms with E-state index in [4.69, 9.17) is 19.3 Å². The fraction of sp³-hybridized carbons (Fsp3) is 0.529. The minimum Gasteiger partial charge on any atom is -0.493 e. The van der Waals surface area contributed by atoms with E-state index in [0.717, 1.165) is 12.0 Å². The van der Waals surface area contributed by atoms with Crippen LogP contribution in [0.25, 0.3) is 0 Å². The van der Waals surface area contributed by atoms with Gasteiger partial charge in [-0.1, -0.05) is 13.8 Å². The number of carbonyl (C=O) groups is 1. The standard InChI is InChI=1S/C17H24N2O5/c1-12(2)11-23-15-9-13(6-7-14(15)22-3)10-18-19-8-4-5-16(19)24-17(20)21/h6-7,9-10,12,16H,4-5,8,11H2,1-3H3,(H,20,21). The van der Waals surface area contributed by atoms with Crippen LogP contribution in [0.15, 0.2) is 23.3 Å².